The molecule has 142 valence electrons. The molecule has 0 aliphatic rings. The molecule has 0 atom stereocenters. The summed E-state index contributed by atoms with van der Waals surface area (Å²) in [7, 11) is 0. The van der Waals surface area contributed by atoms with E-state index in [0.29, 0.717) is 21.9 Å². The predicted molar refractivity (Wildman–Crippen MR) is 116 cm³/mol. The number of aromatic nitrogens is 4. The third-order valence-electron chi connectivity index (χ3n) is 4.42. The minimum Gasteiger partial charge on any atom is -0.337 e. The van der Waals surface area contributed by atoms with Crippen molar-refractivity contribution in [3.8, 4) is 21.8 Å². The maximum Gasteiger partial charge on any atom is 0.271 e. The zero-order valence-corrected chi connectivity index (χ0v) is 17.4. The van der Waals surface area contributed by atoms with Crippen molar-refractivity contribution >= 4 is 37.5 Å². The van der Waals surface area contributed by atoms with Gasteiger partial charge in [0.2, 0.25) is 11.7 Å². The van der Waals surface area contributed by atoms with Crippen molar-refractivity contribution in [1.82, 2.24) is 19.7 Å². The molecule has 29 heavy (non-hydrogen) atoms. The molecule has 2 aromatic carbocycles. The SMILES string of the molecule is O=c1c2sc(-c3ccccc3)cc2ncn1Cc1nc(-c2cccc(Br)c2)no1. The second kappa shape index (κ2) is 7.38. The first-order chi connectivity index (χ1) is 14.2. The fraction of sp³-hybridized carbons (Fsp3) is 0.0476. The van der Waals surface area contributed by atoms with Crippen LogP contribution in [0.1, 0.15) is 5.89 Å². The van der Waals surface area contributed by atoms with Gasteiger partial charge < -0.3 is 4.52 Å². The lowest BCUT2D eigenvalue weighted by Crippen LogP contribution is -2.20. The van der Waals surface area contributed by atoms with E-state index in [-0.39, 0.29) is 12.1 Å². The van der Waals surface area contributed by atoms with E-state index in [4.69, 9.17) is 4.52 Å². The lowest BCUT2D eigenvalue weighted by atomic mass is 10.2. The molecule has 0 N–H and O–H groups in total. The van der Waals surface area contributed by atoms with Crippen molar-refractivity contribution in [2.45, 2.75) is 6.54 Å². The fourth-order valence-corrected chi connectivity index (χ4v) is 4.48. The molecule has 0 saturated carbocycles. The number of rotatable bonds is 4. The molecule has 3 aromatic heterocycles. The average molecular weight is 465 g/mol. The quantitative estimate of drug-likeness (QED) is 0.374. The normalized spacial score (nSPS) is 11.2. The minimum absolute atomic E-state index is 0.121. The topological polar surface area (TPSA) is 73.8 Å². The van der Waals surface area contributed by atoms with Crippen LogP contribution in [-0.4, -0.2) is 19.7 Å². The van der Waals surface area contributed by atoms with Gasteiger partial charge in [0.25, 0.3) is 5.56 Å². The highest BCUT2D eigenvalue weighted by molar-refractivity contribution is 9.10. The summed E-state index contributed by atoms with van der Waals surface area (Å²) < 4.78 is 8.37. The molecule has 3 heterocycles. The Morgan fingerprint density at radius 3 is 2.69 bits per heavy atom. The lowest BCUT2D eigenvalue weighted by Gasteiger charge is -2.00. The van der Waals surface area contributed by atoms with Crippen LogP contribution in [0.25, 0.3) is 32.0 Å². The van der Waals surface area contributed by atoms with Gasteiger partial charge in [0.15, 0.2) is 0 Å². The van der Waals surface area contributed by atoms with Crippen LogP contribution < -0.4 is 5.56 Å². The van der Waals surface area contributed by atoms with Gasteiger partial charge >= 0.3 is 0 Å². The third kappa shape index (κ3) is 3.52. The minimum atomic E-state index is -0.121. The molecule has 6 nitrogen and oxygen atoms in total. The molecule has 0 amide bonds. The molecule has 0 saturated heterocycles. The Bertz CT molecular complexity index is 1370. The van der Waals surface area contributed by atoms with Gasteiger partial charge in [0, 0.05) is 14.9 Å². The Morgan fingerprint density at radius 1 is 1.03 bits per heavy atom. The first-order valence-corrected chi connectivity index (χ1v) is 10.4. The number of halogens is 1. The molecule has 0 spiro atoms. The molecule has 0 fully saturated rings. The van der Waals surface area contributed by atoms with Gasteiger partial charge in [-0.05, 0) is 23.8 Å². The predicted octanol–water partition coefficient (Wildman–Crippen LogP) is 4.99. The monoisotopic (exact) mass is 464 g/mol. The summed E-state index contributed by atoms with van der Waals surface area (Å²) in [4.78, 5) is 22.8. The molecule has 8 heteroatoms. The number of benzene rings is 2. The highest BCUT2D eigenvalue weighted by Crippen LogP contribution is 2.30. The Labute approximate surface area is 177 Å². The van der Waals surface area contributed by atoms with Crippen LogP contribution in [0.15, 0.2) is 80.8 Å². The second-order valence-corrected chi connectivity index (χ2v) is 8.36. The third-order valence-corrected chi connectivity index (χ3v) is 6.07. The molecule has 0 unspecified atom stereocenters. The van der Waals surface area contributed by atoms with E-state index in [9.17, 15) is 4.79 Å². The van der Waals surface area contributed by atoms with Crippen LogP contribution in [-0.2, 0) is 6.54 Å². The summed E-state index contributed by atoms with van der Waals surface area (Å²) in [6, 6.07) is 19.5. The summed E-state index contributed by atoms with van der Waals surface area (Å²) in [5.41, 5.74) is 2.47. The van der Waals surface area contributed by atoms with E-state index in [1.165, 1.54) is 22.2 Å². The zero-order chi connectivity index (χ0) is 19.8. The number of hydrogen-bond donors (Lipinski definition) is 0. The summed E-state index contributed by atoms with van der Waals surface area (Å²) in [6.07, 6.45) is 1.52. The molecule has 5 aromatic rings. The number of fused-ring (bicyclic) bond motifs is 1. The van der Waals surface area contributed by atoms with Crippen molar-refractivity contribution in [3.63, 3.8) is 0 Å². The summed E-state index contributed by atoms with van der Waals surface area (Å²) in [6.45, 7) is 0.168. The summed E-state index contributed by atoms with van der Waals surface area (Å²) in [5.74, 6) is 0.828. The largest absolute Gasteiger partial charge is 0.337 e. The van der Waals surface area contributed by atoms with E-state index in [1.807, 2.05) is 60.7 Å². The van der Waals surface area contributed by atoms with Gasteiger partial charge in [-0.3, -0.25) is 9.36 Å². The Morgan fingerprint density at radius 2 is 1.86 bits per heavy atom. The van der Waals surface area contributed by atoms with Gasteiger partial charge in [-0.25, -0.2) is 4.98 Å². The van der Waals surface area contributed by atoms with Crippen molar-refractivity contribution < 1.29 is 4.52 Å². The number of thiophene rings is 1. The van der Waals surface area contributed by atoms with Crippen molar-refractivity contribution in [1.29, 1.82) is 0 Å². The smallest absolute Gasteiger partial charge is 0.271 e. The van der Waals surface area contributed by atoms with Gasteiger partial charge in [-0.15, -0.1) is 11.3 Å². The summed E-state index contributed by atoms with van der Waals surface area (Å²) >= 11 is 4.87. The van der Waals surface area contributed by atoms with E-state index < -0.39 is 0 Å². The van der Waals surface area contributed by atoms with Crippen molar-refractivity contribution in [2.75, 3.05) is 0 Å². The average Bonchev–Trinajstić information content (AvgIpc) is 3.39. The maximum absolute atomic E-state index is 12.9. The number of nitrogens with zero attached hydrogens (tertiary/aromatic N) is 4. The van der Waals surface area contributed by atoms with Gasteiger partial charge in [-0.2, -0.15) is 4.98 Å². The second-order valence-electron chi connectivity index (χ2n) is 6.39. The molecular formula is C21H13BrN4O2S. The van der Waals surface area contributed by atoms with Crippen LogP contribution in [0.4, 0.5) is 0 Å². The first-order valence-electron chi connectivity index (χ1n) is 8.80. The standard InChI is InChI=1S/C21H13BrN4O2S/c22-15-8-4-7-14(9-15)20-24-18(28-25-20)11-26-12-23-16-10-17(29-19(16)21(26)27)13-5-2-1-3-6-13/h1-10,12H,11H2. The van der Waals surface area contributed by atoms with Gasteiger partial charge in [0.05, 0.1) is 11.8 Å². The van der Waals surface area contributed by atoms with Crippen LogP contribution in [0, 0.1) is 0 Å². The van der Waals surface area contributed by atoms with E-state index in [2.05, 4.69) is 31.1 Å². The Balaban J connectivity index is 1.47. The molecule has 0 aliphatic heterocycles. The highest BCUT2D eigenvalue weighted by atomic mass is 79.9. The Hall–Kier alpha value is -3.10. The lowest BCUT2D eigenvalue weighted by molar-refractivity contribution is 0.369. The van der Waals surface area contributed by atoms with E-state index in [1.54, 1.807) is 0 Å². The first kappa shape index (κ1) is 18.0. The fourth-order valence-electron chi connectivity index (χ4n) is 3.01. The molecule has 0 radical (unpaired) electrons. The van der Waals surface area contributed by atoms with Crippen LogP contribution in [0.3, 0.4) is 0 Å². The Kier molecular flexibility index (Phi) is 4.57. The molecular weight excluding hydrogens is 452 g/mol. The van der Waals surface area contributed by atoms with Crippen LogP contribution in [0.2, 0.25) is 0 Å². The molecule has 5 rings (SSSR count). The zero-order valence-electron chi connectivity index (χ0n) is 14.9. The maximum atomic E-state index is 12.9. The van der Waals surface area contributed by atoms with Crippen molar-refractivity contribution in [3.05, 3.63) is 87.7 Å². The van der Waals surface area contributed by atoms with Gasteiger partial charge in [-0.1, -0.05) is 63.6 Å². The molecule has 0 aliphatic carbocycles. The van der Waals surface area contributed by atoms with E-state index >= 15 is 0 Å². The highest BCUT2D eigenvalue weighted by Gasteiger charge is 2.14. The number of hydrogen-bond acceptors (Lipinski definition) is 6. The van der Waals surface area contributed by atoms with Crippen LogP contribution >= 0.6 is 27.3 Å². The summed E-state index contributed by atoms with van der Waals surface area (Å²) in [5, 5.41) is 4.02. The van der Waals surface area contributed by atoms with Crippen LogP contribution in [0.5, 0.6) is 0 Å². The van der Waals surface area contributed by atoms with E-state index in [0.717, 1.165) is 20.5 Å². The van der Waals surface area contributed by atoms with Gasteiger partial charge in [0.1, 0.15) is 11.2 Å². The van der Waals surface area contributed by atoms with Crippen molar-refractivity contribution in [2.24, 2.45) is 0 Å². The molecule has 0 bridgehead atoms.